The summed E-state index contributed by atoms with van der Waals surface area (Å²) in [5, 5.41) is 21.3. The molecule has 1 heterocycles. The predicted molar refractivity (Wildman–Crippen MR) is 57.7 cm³/mol. The van der Waals surface area contributed by atoms with E-state index in [1.807, 2.05) is 0 Å². The van der Waals surface area contributed by atoms with Crippen LogP contribution in [0.5, 0.6) is 0 Å². The van der Waals surface area contributed by atoms with Crippen molar-refractivity contribution >= 4 is 5.69 Å². The number of hydrogen-bond donors (Lipinski definition) is 0. The smallest absolute Gasteiger partial charge is 0.258 e. The number of aromatic nitrogens is 4. The van der Waals surface area contributed by atoms with Crippen molar-refractivity contribution in [3.63, 3.8) is 0 Å². The first kappa shape index (κ1) is 10.8. The summed E-state index contributed by atoms with van der Waals surface area (Å²) in [4.78, 5) is 10.1. The van der Waals surface area contributed by atoms with E-state index in [1.165, 1.54) is 17.1 Å². The van der Waals surface area contributed by atoms with Gasteiger partial charge < -0.3 is 0 Å². The number of rotatable bonds is 3. The zero-order valence-electron chi connectivity index (χ0n) is 9.15. The fourth-order valence-corrected chi connectivity index (χ4v) is 1.93. The monoisotopic (exact) mass is 249 g/mol. The average molecular weight is 249 g/mol. The third-order valence-corrected chi connectivity index (χ3v) is 2.88. The topological polar surface area (TPSA) is 86.7 Å². The highest BCUT2D eigenvalue weighted by Crippen LogP contribution is 2.44. The Morgan fingerprint density at radius 3 is 2.78 bits per heavy atom. The van der Waals surface area contributed by atoms with Crippen LogP contribution in [0.15, 0.2) is 18.5 Å². The number of benzene rings is 1. The van der Waals surface area contributed by atoms with Crippen LogP contribution in [0.4, 0.5) is 10.1 Å². The van der Waals surface area contributed by atoms with Crippen molar-refractivity contribution in [3.05, 3.63) is 40.0 Å². The van der Waals surface area contributed by atoms with Crippen LogP contribution in [-0.4, -0.2) is 25.1 Å². The Morgan fingerprint density at radius 1 is 1.44 bits per heavy atom. The lowest BCUT2D eigenvalue weighted by Gasteiger charge is -2.08. The molecule has 1 aliphatic carbocycles. The number of halogens is 1. The van der Waals surface area contributed by atoms with Gasteiger partial charge in [0.25, 0.3) is 5.69 Å². The number of hydrogen-bond acceptors (Lipinski definition) is 5. The summed E-state index contributed by atoms with van der Waals surface area (Å²) in [6, 6.07) is 2.24. The summed E-state index contributed by atoms with van der Waals surface area (Å²) in [6.07, 6.45) is 3.05. The first-order chi connectivity index (χ1) is 8.66. The predicted octanol–water partition coefficient (Wildman–Crippen LogP) is 1.59. The van der Waals surface area contributed by atoms with Crippen molar-refractivity contribution < 1.29 is 9.31 Å². The zero-order chi connectivity index (χ0) is 12.7. The molecule has 1 aromatic carbocycles. The van der Waals surface area contributed by atoms with E-state index in [2.05, 4.69) is 15.5 Å². The third kappa shape index (κ3) is 1.71. The summed E-state index contributed by atoms with van der Waals surface area (Å²) in [5.74, 6) is -0.470. The standard InChI is InChI=1S/C10H8FN5O2/c11-8-3-7(16(17)18)4-9(10(8)6-1-2-6)15-5-12-13-14-15/h3-6H,1-2H2. The van der Waals surface area contributed by atoms with Gasteiger partial charge in [-0.1, -0.05) is 0 Å². The number of nitrogens with zero attached hydrogens (tertiary/aromatic N) is 5. The van der Waals surface area contributed by atoms with Crippen molar-refractivity contribution in [2.24, 2.45) is 0 Å². The minimum atomic E-state index is -0.631. The second-order valence-corrected chi connectivity index (χ2v) is 4.15. The van der Waals surface area contributed by atoms with E-state index in [9.17, 15) is 14.5 Å². The maximum atomic E-state index is 14.0. The van der Waals surface area contributed by atoms with E-state index in [-0.39, 0.29) is 11.6 Å². The van der Waals surface area contributed by atoms with Crippen LogP contribution in [0.3, 0.4) is 0 Å². The van der Waals surface area contributed by atoms with Gasteiger partial charge in [-0.3, -0.25) is 10.1 Å². The zero-order valence-corrected chi connectivity index (χ0v) is 9.15. The van der Waals surface area contributed by atoms with Crippen LogP contribution < -0.4 is 0 Å². The van der Waals surface area contributed by atoms with Crippen molar-refractivity contribution in [2.75, 3.05) is 0 Å². The Kier molecular flexibility index (Phi) is 2.29. The van der Waals surface area contributed by atoms with Gasteiger partial charge in [-0.25, -0.2) is 4.39 Å². The van der Waals surface area contributed by atoms with E-state index < -0.39 is 10.7 Å². The minimum absolute atomic E-state index is 0.102. The highest BCUT2D eigenvalue weighted by Gasteiger charge is 2.32. The number of nitro benzene ring substituents is 1. The molecule has 0 radical (unpaired) electrons. The Morgan fingerprint density at radius 2 is 2.22 bits per heavy atom. The fourth-order valence-electron chi connectivity index (χ4n) is 1.93. The maximum Gasteiger partial charge on any atom is 0.274 e. The highest BCUT2D eigenvalue weighted by molar-refractivity contribution is 5.52. The van der Waals surface area contributed by atoms with Crippen LogP contribution in [0.2, 0.25) is 0 Å². The molecule has 1 saturated carbocycles. The minimum Gasteiger partial charge on any atom is -0.258 e. The summed E-state index contributed by atoms with van der Waals surface area (Å²) in [5.41, 5.74) is 0.490. The van der Waals surface area contributed by atoms with Gasteiger partial charge >= 0.3 is 0 Å². The fraction of sp³-hybridized carbons (Fsp3) is 0.300. The Bertz CT molecular complexity index is 609. The molecule has 1 aromatic heterocycles. The summed E-state index contributed by atoms with van der Waals surface area (Å²) < 4.78 is 15.2. The molecule has 0 atom stereocenters. The van der Waals surface area contributed by atoms with E-state index in [1.54, 1.807) is 0 Å². The van der Waals surface area contributed by atoms with Gasteiger partial charge in [0.05, 0.1) is 16.7 Å². The van der Waals surface area contributed by atoms with Crippen molar-refractivity contribution in [1.82, 2.24) is 20.2 Å². The second kappa shape index (κ2) is 3.83. The maximum absolute atomic E-state index is 14.0. The summed E-state index contributed by atoms with van der Waals surface area (Å²) >= 11 is 0. The Balaban J connectivity index is 2.22. The second-order valence-electron chi connectivity index (χ2n) is 4.15. The molecule has 8 heteroatoms. The average Bonchev–Trinajstić information content (AvgIpc) is 3.02. The van der Waals surface area contributed by atoms with Crippen molar-refractivity contribution in [1.29, 1.82) is 0 Å². The molecule has 0 bridgehead atoms. The molecule has 92 valence electrons. The molecule has 0 unspecified atom stereocenters. The molecular weight excluding hydrogens is 241 g/mol. The van der Waals surface area contributed by atoms with E-state index in [0.717, 1.165) is 18.9 Å². The van der Waals surface area contributed by atoms with Gasteiger partial charge in [-0.05, 0) is 29.2 Å². The molecule has 0 aliphatic heterocycles. The van der Waals surface area contributed by atoms with Crippen molar-refractivity contribution in [2.45, 2.75) is 18.8 Å². The molecule has 3 rings (SSSR count). The number of nitro groups is 1. The third-order valence-electron chi connectivity index (χ3n) is 2.88. The molecule has 0 spiro atoms. The SMILES string of the molecule is O=[N+]([O-])c1cc(F)c(C2CC2)c(-n2cnnn2)c1. The molecule has 2 aromatic rings. The molecule has 1 aliphatic rings. The van der Waals surface area contributed by atoms with E-state index in [4.69, 9.17) is 0 Å². The lowest BCUT2D eigenvalue weighted by atomic mass is 10.1. The number of non-ortho nitro benzene ring substituents is 1. The Hall–Kier alpha value is -2.38. The summed E-state index contributed by atoms with van der Waals surface area (Å²) in [6.45, 7) is 0. The largest absolute Gasteiger partial charge is 0.274 e. The van der Waals surface area contributed by atoms with Crippen LogP contribution >= 0.6 is 0 Å². The molecule has 7 nitrogen and oxygen atoms in total. The van der Waals surface area contributed by atoms with Crippen LogP contribution in [0.1, 0.15) is 24.3 Å². The molecule has 1 fully saturated rings. The first-order valence-corrected chi connectivity index (χ1v) is 5.38. The van der Waals surface area contributed by atoms with Crippen LogP contribution in [-0.2, 0) is 0 Å². The highest BCUT2D eigenvalue weighted by atomic mass is 19.1. The van der Waals surface area contributed by atoms with E-state index >= 15 is 0 Å². The Labute approximate surface area is 100 Å². The lowest BCUT2D eigenvalue weighted by Crippen LogP contribution is -2.04. The molecular formula is C10H8FN5O2. The van der Waals surface area contributed by atoms with Crippen LogP contribution in [0.25, 0.3) is 5.69 Å². The molecule has 18 heavy (non-hydrogen) atoms. The van der Waals surface area contributed by atoms with Gasteiger partial charge in [0.2, 0.25) is 0 Å². The molecule has 0 amide bonds. The van der Waals surface area contributed by atoms with Gasteiger partial charge in [0.1, 0.15) is 12.1 Å². The number of tetrazole rings is 1. The normalized spacial score (nSPS) is 14.7. The van der Waals surface area contributed by atoms with Crippen LogP contribution in [0, 0.1) is 15.9 Å². The van der Waals surface area contributed by atoms with E-state index in [0.29, 0.717) is 11.3 Å². The van der Waals surface area contributed by atoms with Gasteiger partial charge in [-0.15, -0.1) is 5.10 Å². The first-order valence-electron chi connectivity index (χ1n) is 5.38. The quantitative estimate of drug-likeness (QED) is 0.608. The molecule has 0 N–H and O–H groups in total. The molecule has 0 saturated heterocycles. The van der Waals surface area contributed by atoms with Gasteiger partial charge in [0, 0.05) is 11.6 Å². The van der Waals surface area contributed by atoms with Gasteiger partial charge in [0.15, 0.2) is 0 Å². The lowest BCUT2D eigenvalue weighted by molar-refractivity contribution is -0.385. The van der Waals surface area contributed by atoms with Crippen molar-refractivity contribution in [3.8, 4) is 5.69 Å². The van der Waals surface area contributed by atoms with Gasteiger partial charge in [-0.2, -0.15) is 4.68 Å². The summed E-state index contributed by atoms with van der Waals surface area (Å²) in [7, 11) is 0.